The van der Waals surface area contributed by atoms with Crippen molar-refractivity contribution in [3.05, 3.63) is 48.3 Å². The van der Waals surface area contributed by atoms with Gasteiger partial charge in [-0.2, -0.15) is 5.10 Å². The number of fused-ring (bicyclic) bond motifs is 1. The molecule has 0 bridgehead atoms. The largest absolute Gasteiger partial charge is 0.377 e. The van der Waals surface area contributed by atoms with Crippen LogP contribution in [0.1, 0.15) is 12.6 Å². The molecule has 0 aliphatic carbocycles. The zero-order valence-electron chi connectivity index (χ0n) is 16.1. The van der Waals surface area contributed by atoms with Gasteiger partial charge in [0, 0.05) is 30.1 Å². The quantitative estimate of drug-likeness (QED) is 0.576. The lowest BCUT2D eigenvalue weighted by Gasteiger charge is -2.34. The number of ether oxygens (including phenoxy) is 1. The molecular formula is C20H20FN7O. The van der Waals surface area contributed by atoms with Crippen molar-refractivity contribution in [1.29, 1.82) is 0 Å². The molecule has 0 spiro atoms. The number of hydrogen-bond donors (Lipinski definition) is 1. The highest BCUT2D eigenvalue weighted by atomic mass is 19.1. The zero-order chi connectivity index (χ0) is 20.0. The Kier molecular flexibility index (Phi) is 4.24. The van der Waals surface area contributed by atoms with Crippen molar-refractivity contribution >= 4 is 11.3 Å². The third kappa shape index (κ3) is 2.94. The van der Waals surface area contributed by atoms with Gasteiger partial charge in [-0.15, -0.1) is 5.10 Å². The van der Waals surface area contributed by atoms with Crippen molar-refractivity contribution in [2.24, 2.45) is 0 Å². The number of halogens is 1. The molecule has 1 atom stereocenters. The molecule has 5 heterocycles. The smallest absolute Gasteiger partial charge is 0.179 e. The average molecular weight is 393 g/mol. The fourth-order valence-corrected chi connectivity index (χ4v) is 3.81. The van der Waals surface area contributed by atoms with E-state index in [2.05, 4.69) is 27.0 Å². The first-order valence-corrected chi connectivity index (χ1v) is 9.48. The van der Waals surface area contributed by atoms with Gasteiger partial charge in [-0.1, -0.05) is 0 Å². The Hall–Kier alpha value is -3.33. The van der Waals surface area contributed by atoms with E-state index in [1.807, 2.05) is 19.1 Å². The van der Waals surface area contributed by atoms with Crippen molar-refractivity contribution in [2.75, 3.05) is 24.7 Å². The van der Waals surface area contributed by atoms with E-state index in [1.54, 1.807) is 23.0 Å². The summed E-state index contributed by atoms with van der Waals surface area (Å²) < 4.78 is 22.0. The first kappa shape index (κ1) is 17.7. The second kappa shape index (κ2) is 6.93. The predicted octanol–water partition coefficient (Wildman–Crippen LogP) is 2.85. The van der Waals surface area contributed by atoms with Crippen molar-refractivity contribution in [3.63, 3.8) is 0 Å². The number of hydrogen-bond acceptors (Lipinski definition) is 6. The summed E-state index contributed by atoms with van der Waals surface area (Å²) in [6, 6.07) is 5.61. The summed E-state index contributed by atoms with van der Waals surface area (Å²) >= 11 is 0. The van der Waals surface area contributed by atoms with Crippen LogP contribution in [-0.2, 0) is 4.74 Å². The molecule has 1 aliphatic rings. The lowest BCUT2D eigenvalue weighted by molar-refractivity contribution is 0.0984. The fraction of sp³-hybridized carbons (Fsp3) is 0.300. The molecule has 0 aromatic carbocycles. The lowest BCUT2D eigenvalue weighted by Crippen LogP contribution is -2.44. The van der Waals surface area contributed by atoms with Crippen molar-refractivity contribution < 1.29 is 9.13 Å². The van der Waals surface area contributed by atoms with Crippen LogP contribution in [0, 0.1) is 12.7 Å². The van der Waals surface area contributed by atoms with Crippen LogP contribution in [0.25, 0.3) is 28.2 Å². The Morgan fingerprint density at radius 2 is 2.14 bits per heavy atom. The van der Waals surface area contributed by atoms with Crippen LogP contribution in [0.15, 0.2) is 36.8 Å². The van der Waals surface area contributed by atoms with Gasteiger partial charge in [0.15, 0.2) is 11.6 Å². The third-order valence-electron chi connectivity index (χ3n) is 5.23. The normalized spacial score (nSPS) is 17.2. The molecule has 1 saturated heterocycles. The third-order valence-corrected chi connectivity index (χ3v) is 5.23. The van der Waals surface area contributed by atoms with Gasteiger partial charge in [-0.25, -0.2) is 13.9 Å². The molecular weight excluding hydrogens is 373 g/mol. The Labute approximate surface area is 166 Å². The minimum absolute atomic E-state index is 0.157. The van der Waals surface area contributed by atoms with Crippen LogP contribution in [0.5, 0.6) is 0 Å². The molecule has 0 radical (unpaired) electrons. The van der Waals surface area contributed by atoms with E-state index in [9.17, 15) is 4.39 Å². The number of rotatable bonds is 3. The standard InChI is InChI=1S/C20H20FN7O/c1-12-11-29-8-7-27(12)18-9-15(14-3-5-22-10-16(14)21)19-13(2)24-20(28(19)26-18)17-4-6-23-25-17/h3-6,9-10,12H,7-8,11H2,1-2H3,(H,23,25). The number of nitrogens with zero attached hydrogens (tertiary/aromatic N) is 6. The molecule has 1 N–H and O–H groups in total. The van der Waals surface area contributed by atoms with Gasteiger partial charge < -0.3 is 9.64 Å². The molecule has 0 saturated carbocycles. The highest BCUT2D eigenvalue weighted by Gasteiger charge is 2.25. The first-order chi connectivity index (χ1) is 14.1. The van der Waals surface area contributed by atoms with E-state index in [0.29, 0.717) is 31.1 Å². The van der Waals surface area contributed by atoms with Crippen LogP contribution < -0.4 is 4.90 Å². The molecule has 148 valence electrons. The minimum Gasteiger partial charge on any atom is -0.377 e. The summed E-state index contributed by atoms with van der Waals surface area (Å²) in [5.41, 5.74) is 3.45. The van der Waals surface area contributed by atoms with Gasteiger partial charge in [-0.05, 0) is 32.0 Å². The number of H-pyrrole nitrogens is 1. The van der Waals surface area contributed by atoms with Crippen molar-refractivity contribution in [2.45, 2.75) is 19.9 Å². The van der Waals surface area contributed by atoms with E-state index in [4.69, 9.17) is 14.8 Å². The maximum atomic E-state index is 14.7. The Bertz CT molecular complexity index is 1170. The van der Waals surface area contributed by atoms with Crippen LogP contribution in [0.4, 0.5) is 10.2 Å². The van der Waals surface area contributed by atoms with E-state index in [0.717, 1.165) is 28.3 Å². The van der Waals surface area contributed by atoms with Crippen LogP contribution in [0.3, 0.4) is 0 Å². The average Bonchev–Trinajstić information content (AvgIpc) is 3.36. The van der Waals surface area contributed by atoms with E-state index < -0.39 is 0 Å². The molecule has 29 heavy (non-hydrogen) atoms. The molecule has 4 aromatic heterocycles. The lowest BCUT2D eigenvalue weighted by atomic mass is 10.1. The summed E-state index contributed by atoms with van der Waals surface area (Å²) in [7, 11) is 0. The molecule has 1 unspecified atom stereocenters. The number of anilines is 1. The molecule has 5 rings (SSSR count). The fourth-order valence-electron chi connectivity index (χ4n) is 3.81. The summed E-state index contributed by atoms with van der Waals surface area (Å²) in [4.78, 5) is 10.8. The number of nitrogens with one attached hydrogen (secondary N) is 1. The Morgan fingerprint density at radius 1 is 1.24 bits per heavy atom. The predicted molar refractivity (Wildman–Crippen MR) is 106 cm³/mol. The number of pyridine rings is 1. The molecule has 9 heteroatoms. The van der Waals surface area contributed by atoms with Gasteiger partial charge in [-0.3, -0.25) is 10.1 Å². The van der Waals surface area contributed by atoms with E-state index in [1.165, 1.54) is 6.20 Å². The van der Waals surface area contributed by atoms with Gasteiger partial charge in [0.25, 0.3) is 0 Å². The minimum atomic E-state index is -0.384. The van der Waals surface area contributed by atoms with Crippen LogP contribution in [0.2, 0.25) is 0 Å². The Balaban J connectivity index is 1.81. The van der Waals surface area contributed by atoms with Gasteiger partial charge in [0.2, 0.25) is 0 Å². The molecule has 4 aromatic rings. The molecule has 1 aliphatic heterocycles. The monoisotopic (exact) mass is 393 g/mol. The second-order valence-electron chi connectivity index (χ2n) is 7.14. The van der Waals surface area contributed by atoms with Crippen LogP contribution in [-0.4, -0.2) is 55.6 Å². The van der Waals surface area contributed by atoms with Gasteiger partial charge in [0.1, 0.15) is 11.5 Å². The Morgan fingerprint density at radius 3 is 2.90 bits per heavy atom. The van der Waals surface area contributed by atoms with E-state index >= 15 is 0 Å². The van der Waals surface area contributed by atoms with Crippen molar-refractivity contribution in [3.8, 4) is 22.6 Å². The maximum Gasteiger partial charge on any atom is 0.179 e. The summed E-state index contributed by atoms with van der Waals surface area (Å²) in [6.45, 7) is 5.95. The summed E-state index contributed by atoms with van der Waals surface area (Å²) in [5.74, 6) is 0.997. The SMILES string of the molecule is Cc1nc(-c2ccn[nH]2)n2nc(N3CCOCC3C)cc(-c3ccncc3F)c12. The maximum absolute atomic E-state index is 14.7. The van der Waals surface area contributed by atoms with Crippen LogP contribution >= 0.6 is 0 Å². The molecule has 8 nitrogen and oxygen atoms in total. The molecule has 1 fully saturated rings. The highest BCUT2D eigenvalue weighted by Crippen LogP contribution is 2.34. The summed E-state index contributed by atoms with van der Waals surface area (Å²) in [6.07, 6.45) is 4.49. The summed E-state index contributed by atoms with van der Waals surface area (Å²) in [5, 5.41) is 11.9. The number of aryl methyl sites for hydroxylation is 1. The topological polar surface area (TPSA) is 84.2 Å². The second-order valence-corrected chi connectivity index (χ2v) is 7.14. The number of aromatic amines is 1. The zero-order valence-corrected chi connectivity index (χ0v) is 16.1. The number of morpholine rings is 1. The van der Waals surface area contributed by atoms with E-state index in [-0.39, 0.29) is 11.9 Å². The number of aromatic nitrogens is 6. The highest BCUT2D eigenvalue weighted by molar-refractivity contribution is 5.85. The first-order valence-electron chi connectivity index (χ1n) is 9.48. The van der Waals surface area contributed by atoms with Crippen molar-refractivity contribution in [1.82, 2.24) is 29.8 Å². The molecule has 0 amide bonds. The van der Waals surface area contributed by atoms with Gasteiger partial charge >= 0.3 is 0 Å². The van der Waals surface area contributed by atoms with Gasteiger partial charge in [0.05, 0.1) is 36.7 Å². The number of imidazole rings is 1.